The van der Waals surface area contributed by atoms with Crippen molar-refractivity contribution in [2.75, 3.05) is 11.9 Å². The third kappa shape index (κ3) is 4.32. The molecule has 0 aromatic heterocycles. The highest BCUT2D eigenvalue weighted by Gasteiger charge is 2.32. The van der Waals surface area contributed by atoms with Crippen molar-refractivity contribution in [2.45, 2.75) is 65.4 Å². The Morgan fingerprint density at radius 1 is 1.07 bits per heavy atom. The van der Waals surface area contributed by atoms with Gasteiger partial charge in [0.05, 0.1) is 0 Å². The lowest BCUT2D eigenvalue weighted by atomic mass is 9.92. The van der Waals surface area contributed by atoms with Gasteiger partial charge >= 0.3 is 0 Å². The first-order valence-electron chi connectivity index (χ1n) is 10.0. The fourth-order valence-corrected chi connectivity index (χ4v) is 3.72. The van der Waals surface area contributed by atoms with Crippen LogP contribution in [0.2, 0.25) is 0 Å². The van der Waals surface area contributed by atoms with Crippen LogP contribution in [0.5, 0.6) is 11.5 Å². The highest BCUT2D eigenvalue weighted by atomic mass is 16.5. The van der Waals surface area contributed by atoms with Crippen LogP contribution < -0.4 is 14.8 Å². The van der Waals surface area contributed by atoms with Gasteiger partial charge < -0.3 is 14.8 Å². The number of hydrogen-bond acceptors (Lipinski definition) is 3. The van der Waals surface area contributed by atoms with Crippen molar-refractivity contribution in [3.05, 3.63) is 53.1 Å². The summed E-state index contributed by atoms with van der Waals surface area (Å²) in [4.78, 5) is 12.7. The second-order valence-corrected chi connectivity index (χ2v) is 8.74. The standard InChI is InChI=1S/C24H31NO3/c1-15(2)18-10-8-11-19(16(3)4)22(18)25-21(26)14-27-20-12-7-9-17-13-24(5,6)28-23(17)20/h7-12,15-16H,13-14H2,1-6H3,(H,25,26). The number of rotatable bonds is 6. The van der Waals surface area contributed by atoms with Crippen LogP contribution in [0.3, 0.4) is 0 Å². The molecule has 0 radical (unpaired) electrons. The molecular formula is C24H31NO3. The molecule has 0 unspecified atom stereocenters. The summed E-state index contributed by atoms with van der Waals surface area (Å²) in [7, 11) is 0. The zero-order valence-electron chi connectivity index (χ0n) is 17.8. The summed E-state index contributed by atoms with van der Waals surface area (Å²) >= 11 is 0. The molecule has 150 valence electrons. The molecule has 2 aromatic rings. The van der Waals surface area contributed by atoms with Gasteiger partial charge in [-0.3, -0.25) is 4.79 Å². The van der Waals surface area contributed by atoms with E-state index in [4.69, 9.17) is 9.47 Å². The largest absolute Gasteiger partial charge is 0.483 e. The van der Waals surface area contributed by atoms with E-state index in [9.17, 15) is 4.79 Å². The van der Waals surface area contributed by atoms with Crippen molar-refractivity contribution in [2.24, 2.45) is 0 Å². The molecule has 0 spiro atoms. The molecule has 4 nitrogen and oxygen atoms in total. The lowest BCUT2D eigenvalue weighted by Crippen LogP contribution is -2.25. The minimum absolute atomic E-state index is 0.0514. The van der Waals surface area contributed by atoms with Crippen LogP contribution in [0.25, 0.3) is 0 Å². The SMILES string of the molecule is CC(C)c1cccc(C(C)C)c1NC(=O)COc1cccc2c1OC(C)(C)C2. The van der Waals surface area contributed by atoms with E-state index >= 15 is 0 Å². The molecule has 1 N–H and O–H groups in total. The van der Waals surface area contributed by atoms with Gasteiger partial charge in [0.25, 0.3) is 5.91 Å². The van der Waals surface area contributed by atoms with E-state index in [1.54, 1.807) is 0 Å². The quantitative estimate of drug-likeness (QED) is 0.702. The second-order valence-electron chi connectivity index (χ2n) is 8.74. The third-order valence-corrected chi connectivity index (χ3v) is 5.05. The molecule has 28 heavy (non-hydrogen) atoms. The molecule has 3 rings (SSSR count). The van der Waals surface area contributed by atoms with Crippen LogP contribution in [0, 0.1) is 0 Å². The Bertz CT molecular complexity index is 842. The number of amides is 1. The van der Waals surface area contributed by atoms with Gasteiger partial charge in [0.2, 0.25) is 0 Å². The molecule has 4 heteroatoms. The Kier molecular flexibility index (Phi) is 5.69. The maximum absolute atomic E-state index is 12.7. The van der Waals surface area contributed by atoms with Crippen molar-refractivity contribution in [3.63, 3.8) is 0 Å². The van der Waals surface area contributed by atoms with Crippen LogP contribution in [-0.4, -0.2) is 18.1 Å². The normalized spacial score (nSPS) is 14.7. The summed E-state index contributed by atoms with van der Waals surface area (Å²) in [5.41, 5.74) is 4.08. The Labute approximate surface area is 168 Å². The maximum atomic E-state index is 12.7. The van der Waals surface area contributed by atoms with Crippen LogP contribution in [-0.2, 0) is 11.2 Å². The topological polar surface area (TPSA) is 47.6 Å². The molecule has 2 aromatic carbocycles. The summed E-state index contributed by atoms with van der Waals surface area (Å²) < 4.78 is 11.9. The van der Waals surface area contributed by atoms with E-state index in [1.165, 1.54) is 0 Å². The summed E-state index contributed by atoms with van der Waals surface area (Å²) in [6, 6.07) is 12.1. The number of para-hydroxylation sites is 2. The van der Waals surface area contributed by atoms with Crippen molar-refractivity contribution < 1.29 is 14.3 Å². The molecule has 0 fully saturated rings. The average Bonchev–Trinajstić information content (AvgIpc) is 2.94. The summed E-state index contributed by atoms with van der Waals surface area (Å²) in [5, 5.41) is 3.09. The van der Waals surface area contributed by atoms with Crippen LogP contribution in [0.4, 0.5) is 5.69 Å². The van der Waals surface area contributed by atoms with Crippen LogP contribution >= 0.6 is 0 Å². The van der Waals surface area contributed by atoms with Crippen molar-refractivity contribution in [3.8, 4) is 11.5 Å². The highest BCUT2D eigenvalue weighted by molar-refractivity contribution is 5.93. The average molecular weight is 382 g/mol. The first-order valence-corrected chi connectivity index (χ1v) is 10.0. The highest BCUT2D eigenvalue weighted by Crippen LogP contribution is 2.41. The van der Waals surface area contributed by atoms with Crippen LogP contribution in [0.1, 0.15) is 70.1 Å². The molecule has 0 aliphatic carbocycles. The van der Waals surface area contributed by atoms with E-state index in [0.29, 0.717) is 17.6 Å². The fraction of sp³-hybridized carbons (Fsp3) is 0.458. The summed E-state index contributed by atoms with van der Waals surface area (Å²) in [6.07, 6.45) is 0.839. The molecule has 1 amide bonds. The number of ether oxygens (including phenoxy) is 2. The second kappa shape index (κ2) is 7.86. The van der Waals surface area contributed by atoms with Gasteiger partial charge in [0.15, 0.2) is 18.1 Å². The lowest BCUT2D eigenvalue weighted by Gasteiger charge is -2.20. The number of benzene rings is 2. The first kappa shape index (κ1) is 20.2. The number of carbonyl (C=O) groups excluding carboxylic acids is 1. The predicted molar refractivity (Wildman–Crippen MR) is 114 cm³/mol. The van der Waals surface area contributed by atoms with Gasteiger partial charge in [0, 0.05) is 17.7 Å². The van der Waals surface area contributed by atoms with Gasteiger partial charge in [-0.15, -0.1) is 0 Å². The van der Waals surface area contributed by atoms with Gasteiger partial charge in [-0.25, -0.2) is 0 Å². The Morgan fingerprint density at radius 2 is 1.68 bits per heavy atom. The van der Waals surface area contributed by atoms with Gasteiger partial charge in [0.1, 0.15) is 5.60 Å². The minimum atomic E-state index is -0.244. The fourth-order valence-electron chi connectivity index (χ4n) is 3.72. The molecule has 0 saturated heterocycles. The van der Waals surface area contributed by atoms with Gasteiger partial charge in [-0.05, 0) is 42.9 Å². The first-order chi connectivity index (χ1) is 13.2. The Balaban J connectivity index is 1.74. The van der Waals surface area contributed by atoms with E-state index < -0.39 is 0 Å². The number of nitrogens with one attached hydrogen (secondary N) is 1. The third-order valence-electron chi connectivity index (χ3n) is 5.05. The Hall–Kier alpha value is -2.49. The van der Waals surface area contributed by atoms with E-state index in [2.05, 4.69) is 65.1 Å². The van der Waals surface area contributed by atoms with E-state index in [1.807, 2.05) is 18.2 Å². The maximum Gasteiger partial charge on any atom is 0.262 e. The smallest absolute Gasteiger partial charge is 0.262 e. The number of carbonyl (C=O) groups is 1. The number of fused-ring (bicyclic) bond motifs is 1. The molecule has 0 atom stereocenters. The molecule has 1 heterocycles. The Morgan fingerprint density at radius 3 is 2.29 bits per heavy atom. The summed E-state index contributed by atoms with van der Waals surface area (Å²) in [6.45, 7) is 12.6. The molecule has 1 aliphatic rings. The van der Waals surface area contributed by atoms with Crippen LogP contribution in [0.15, 0.2) is 36.4 Å². The molecule has 0 saturated carbocycles. The van der Waals surface area contributed by atoms with Crippen molar-refractivity contribution >= 4 is 11.6 Å². The van der Waals surface area contributed by atoms with E-state index in [-0.39, 0.29) is 18.1 Å². The molecular weight excluding hydrogens is 350 g/mol. The minimum Gasteiger partial charge on any atom is -0.483 e. The number of anilines is 1. The predicted octanol–water partition coefficient (Wildman–Crippen LogP) is 5.66. The number of hydrogen-bond donors (Lipinski definition) is 1. The molecule has 1 aliphatic heterocycles. The van der Waals surface area contributed by atoms with Gasteiger partial charge in [-0.1, -0.05) is 58.0 Å². The zero-order chi connectivity index (χ0) is 20.5. The lowest BCUT2D eigenvalue weighted by molar-refractivity contribution is -0.118. The van der Waals surface area contributed by atoms with E-state index in [0.717, 1.165) is 34.5 Å². The zero-order valence-corrected chi connectivity index (χ0v) is 17.8. The van der Waals surface area contributed by atoms with Gasteiger partial charge in [-0.2, -0.15) is 0 Å². The monoisotopic (exact) mass is 381 g/mol. The van der Waals surface area contributed by atoms with Crippen molar-refractivity contribution in [1.82, 2.24) is 0 Å². The summed E-state index contributed by atoms with van der Waals surface area (Å²) in [5.74, 6) is 1.86. The molecule has 0 bridgehead atoms. The van der Waals surface area contributed by atoms with Crippen molar-refractivity contribution in [1.29, 1.82) is 0 Å².